The lowest BCUT2D eigenvalue weighted by molar-refractivity contribution is 0.0923. The van der Waals surface area contributed by atoms with Gasteiger partial charge >= 0.3 is 0 Å². The first-order chi connectivity index (χ1) is 13.6. The Balaban J connectivity index is 0.00000240. The summed E-state index contributed by atoms with van der Waals surface area (Å²) in [6.45, 7) is 5.42. The zero-order valence-electron chi connectivity index (χ0n) is 16.3. The Morgan fingerprint density at radius 1 is 1.00 bits per heavy atom. The Labute approximate surface area is 176 Å². The summed E-state index contributed by atoms with van der Waals surface area (Å²) in [4.78, 5) is 41.6. The second kappa shape index (κ2) is 8.76. The number of fused-ring (bicyclic) bond motifs is 1. The standard InChI is InChI=1S/C22H23N3O3.ClH/c1-15-6-2-3-7-19(15)25-21(27)17-9-8-16(14-18(17)22(25)28)20(26)23-10-13-24-11-4-5-12-24;/h2-3,6-9,14H,4-5,10-13H2,1H3,(H,23,26);1H. The van der Waals surface area contributed by atoms with Gasteiger partial charge in [0.15, 0.2) is 0 Å². The molecule has 0 spiro atoms. The van der Waals surface area contributed by atoms with E-state index in [1.54, 1.807) is 24.3 Å². The zero-order valence-corrected chi connectivity index (χ0v) is 17.1. The lowest BCUT2D eigenvalue weighted by atomic mass is 10.1. The maximum absolute atomic E-state index is 12.9. The topological polar surface area (TPSA) is 69.7 Å². The smallest absolute Gasteiger partial charge is 0.266 e. The first kappa shape index (κ1) is 21.0. The molecule has 2 aliphatic rings. The number of likely N-dealkylation sites (tertiary alicyclic amines) is 1. The van der Waals surface area contributed by atoms with Crippen LogP contribution < -0.4 is 10.2 Å². The normalized spacial score (nSPS) is 16.0. The molecule has 1 fully saturated rings. The highest BCUT2D eigenvalue weighted by Gasteiger charge is 2.37. The van der Waals surface area contributed by atoms with E-state index in [0.29, 0.717) is 23.4 Å². The molecule has 0 saturated carbocycles. The zero-order chi connectivity index (χ0) is 19.7. The van der Waals surface area contributed by atoms with E-state index < -0.39 is 0 Å². The molecular formula is C22H24ClN3O3. The lowest BCUT2D eigenvalue weighted by Crippen LogP contribution is -2.33. The number of benzene rings is 2. The van der Waals surface area contributed by atoms with Crippen molar-refractivity contribution >= 4 is 35.8 Å². The van der Waals surface area contributed by atoms with Gasteiger partial charge in [-0.1, -0.05) is 18.2 Å². The van der Waals surface area contributed by atoms with Crippen molar-refractivity contribution in [3.05, 3.63) is 64.7 Å². The summed E-state index contributed by atoms with van der Waals surface area (Å²) in [6, 6.07) is 12.0. The number of carbonyl (C=O) groups excluding carboxylic acids is 3. The molecule has 1 saturated heterocycles. The van der Waals surface area contributed by atoms with E-state index >= 15 is 0 Å². The van der Waals surface area contributed by atoms with Crippen LogP contribution in [0.15, 0.2) is 42.5 Å². The van der Waals surface area contributed by atoms with Gasteiger partial charge < -0.3 is 10.2 Å². The van der Waals surface area contributed by atoms with Crippen LogP contribution in [0.2, 0.25) is 0 Å². The van der Waals surface area contributed by atoms with Crippen LogP contribution >= 0.6 is 12.4 Å². The SMILES string of the molecule is Cc1ccccc1N1C(=O)c2ccc(C(=O)NCCN3CCCC3)cc2C1=O.Cl. The van der Waals surface area contributed by atoms with Crippen LogP contribution in [0, 0.1) is 6.92 Å². The number of hydrogen-bond donors (Lipinski definition) is 1. The monoisotopic (exact) mass is 413 g/mol. The summed E-state index contributed by atoms with van der Waals surface area (Å²) in [5, 5.41) is 2.90. The van der Waals surface area contributed by atoms with Crippen molar-refractivity contribution in [1.29, 1.82) is 0 Å². The average molecular weight is 414 g/mol. The largest absolute Gasteiger partial charge is 0.351 e. The molecule has 0 aromatic heterocycles. The van der Waals surface area contributed by atoms with Crippen LogP contribution in [0.3, 0.4) is 0 Å². The molecule has 152 valence electrons. The van der Waals surface area contributed by atoms with Crippen molar-refractivity contribution in [3.63, 3.8) is 0 Å². The molecular weight excluding hydrogens is 390 g/mol. The molecule has 2 aromatic rings. The molecule has 0 unspecified atom stereocenters. The number of hydrogen-bond acceptors (Lipinski definition) is 4. The minimum Gasteiger partial charge on any atom is -0.351 e. The fraction of sp³-hybridized carbons (Fsp3) is 0.318. The molecule has 7 heteroatoms. The van der Waals surface area contributed by atoms with Gasteiger partial charge in [0.05, 0.1) is 16.8 Å². The number of nitrogens with zero attached hydrogens (tertiary/aromatic N) is 2. The van der Waals surface area contributed by atoms with E-state index in [1.165, 1.54) is 23.8 Å². The number of aryl methyl sites for hydroxylation is 1. The van der Waals surface area contributed by atoms with Crippen molar-refractivity contribution in [1.82, 2.24) is 10.2 Å². The second-order valence-electron chi connectivity index (χ2n) is 7.30. The Hall–Kier alpha value is -2.70. The highest BCUT2D eigenvalue weighted by atomic mass is 35.5. The van der Waals surface area contributed by atoms with Crippen molar-refractivity contribution in [2.24, 2.45) is 0 Å². The maximum atomic E-state index is 12.9. The van der Waals surface area contributed by atoms with Crippen LogP contribution in [0.25, 0.3) is 0 Å². The van der Waals surface area contributed by atoms with Gasteiger partial charge in [0.2, 0.25) is 0 Å². The number of para-hydroxylation sites is 1. The van der Waals surface area contributed by atoms with Gasteiger partial charge in [0.1, 0.15) is 0 Å². The molecule has 2 aromatic carbocycles. The summed E-state index contributed by atoms with van der Waals surface area (Å²) < 4.78 is 0. The molecule has 0 atom stereocenters. The van der Waals surface area contributed by atoms with E-state index in [0.717, 1.165) is 25.2 Å². The molecule has 0 radical (unpaired) electrons. The van der Waals surface area contributed by atoms with Crippen LogP contribution in [-0.4, -0.2) is 48.8 Å². The Bertz CT molecular complexity index is 954. The van der Waals surface area contributed by atoms with E-state index in [9.17, 15) is 14.4 Å². The molecule has 1 N–H and O–H groups in total. The third-order valence-electron chi connectivity index (χ3n) is 5.42. The van der Waals surface area contributed by atoms with Crippen LogP contribution in [-0.2, 0) is 0 Å². The van der Waals surface area contributed by atoms with Crippen LogP contribution in [0.1, 0.15) is 49.5 Å². The predicted octanol–water partition coefficient (Wildman–Crippen LogP) is 3.04. The minimum absolute atomic E-state index is 0. The molecule has 29 heavy (non-hydrogen) atoms. The Morgan fingerprint density at radius 3 is 2.41 bits per heavy atom. The maximum Gasteiger partial charge on any atom is 0.266 e. The minimum atomic E-state index is -0.388. The van der Waals surface area contributed by atoms with Gasteiger partial charge in [-0.2, -0.15) is 0 Å². The lowest BCUT2D eigenvalue weighted by Gasteiger charge is -2.16. The third kappa shape index (κ3) is 4.04. The molecule has 3 amide bonds. The van der Waals surface area contributed by atoms with Crippen molar-refractivity contribution in [3.8, 4) is 0 Å². The van der Waals surface area contributed by atoms with Crippen molar-refractivity contribution in [2.75, 3.05) is 31.1 Å². The highest BCUT2D eigenvalue weighted by Crippen LogP contribution is 2.30. The van der Waals surface area contributed by atoms with E-state index in [1.807, 2.05) is 19.1 Å². The number of nitrogens with one attached hydrogen (secondary N) is 1. The molecule has 2 aliphatic heterocycles. The number of amides is 3. The number of anilines is 1. The van der Waals surface area contributed by atoms with Crippen LogP contribution in [0.5, 0.6) is 0 Å². The number of rotatable bonds is 5. The number of halogens is 1. The summed E-state index contributed by atoms with van der Waals surface area (Å²) in [6.07, 6.45) is 2.43. The van der Waals surface area contributed by atoms with Gasteiger partial charge in [-0.15, -0.1) is 12.4 Å². The van der Waals surface area contributed by atoms with Crippen LogP contribution in [0.4, 0.5) is 5.69 Å². The van der Waals surface area contributed by atoms with Gasteiger partial charge in [-0.25, -0.2) is 4.90 Å². The molecule has 2 heterocycles. The van der Waals surface area contributed by atoms with Crippen molar-refractivity contribution in [2.45, 2.75) is 19.8 Å². The summed E-state index contributed by atoms with van der Waals surface area (Å²) in [7, 11) is 0. The van der Waals surface area contributed by atoms with Gasteiger partial charge in [-0.3, -0.25) is 14.4 Å². The first-order valence-electron chi connectivity index (χ1n) is 9.65. The Kier molecular flexibility index (Phi) is 6.35. The van der Waals surface area contributed by atoms with Gasteiger partial charge in [-0.05, 0) is 62.7 Å². The number of carbonyl (C=O) groups is 3. The first-order valence-corrected chi connectivity index (χ1v) is 9.65. The molecule has 0 aliphatic carbocycles. The third-order valence-corrected chi connectivity index (χ3v) is 5.42. The highest BCUT2D eigenvalue weighted by molar-refractivity contribution is 6.35. The van der Waals surface area contributed by atoms with Gasteiger partial charge in [0, 0.05) is 18.7 Å². The average Bonchev–Trinajstić information content (AvgIpc) is 3.30. The molecule has 6 nitrogen and oxygen atoms in total. The van der Waals surface area contributed by atoms with E-state index in [2.05, 4.69) is 10.2 Å². The van der Waals surface area contributed by atoms with E-state index in [-0.39, 0.29) is 35.7 Å². The Morgan fingerprint density at radius 2 is 1.69 bits per heavy atom. The van der Waals surface area contributed by atoms with Gasteiger partial charge in [0.25, 0.3) is 17.7 Å². The second-order valence-corrected chi connectivity index (χ2v) is 7.30. The van der Waals surface area contributed by atoms with Crippen molar-refractivity contribution < 1.29 is 14.4 Å². The summed E-state index contributed by atoms with van der Waals surface area (Å²) >= 11 is 0. The molecule has 0 bridgehead atoms. The predicted molar refractivity (Wildman–Crippen MR) is 114 cm³/mol. The fourth-order valence-corrected chi connectivity index (χ4v) is 3.85. The fourth-order valence-electron chi connectivity index (χ4n) is 3.85. The quantitative estimate of drug-likeness (QED) is 0.765. The number of imide groups is 1. The van der Waals surface area contributed by atoms with E-state index in [4.69, 9.17) is 0 Å². The summed E-state index contributed by atoms with van der Waals surface area (Å²) in [5.41, 5.74) is 2.43. The summed E-state index contributed by atoms with van der Waals surface area (Å²) in [5.74, 6) is -0.965. The molecule has 4 rings (SSSR count).